The van der Waals surface area contributed by atoms with E-state index in [9.17, 15) is 35.9 Å². The highest BCUT2D eigenvalue weighted by atomic mass is 32.2. The monoisotopic (exact) mass is 693 g/mol. The molecule has 1 aromatic heterocycles. The van der Waals surface area contributed by atoms with Crippen LogP contribution in [0.5, 0.6) is 11.5 Å². The van der Waals surface area contributed by atoms with Crippen LogP contribution in [0.3, 0.4) is 0 Å². The summed E-state index contributed by atoms with van der Waals surface area (Å²) in [5, 5.41) is 4.34. The number of hydrogen-bond acceptors (Lipinski definition) is 8. The molecule has 0 saturated carbocycles. The standard InChI is InChI=1S/C30H25F6N7O4S/c1-17-3-12-24(46-15-29(31,32)33)23(13-17)43-25(44)14-48-28(43)38-27(45)40-39-18(2)19-4-6-20(7-5-19)26-37-16-42(41-26)21-8-10-22(11-9-21)47-30(34,35)36/h3-13,16,18,39H,14-15H2,1-2H3,(H,40,45)/b38-28-. The molecule has 1 saturated heterocycles. The first-order valence-electron chi connectivity index (χ1n) is 13.9. The van der Waals surface area contributed by atoms with Crippen LogP contribution >= 0.6 is 11.8 Å². The van der Waals surface area contributed by atoms with Crippen molar-refractivity contribution in [1.29, 1.82) is 0 Å². The van der Waals surface area contributed by atoms with Crippen LogP contribution in [0.1, 0.15) is 24.1 Å². The summed E-state index contributed by atoms with van der Waals surface area (Å²) in [7, 11) is 0. The molecule has 5 rings (SSSR count). The lowest BCUT2D eigenvalue weighted by Crippen LogP contribution is -2.39. The molecule has 1 fully saturated rings. The van der Waals surface area contributed by atoms with E-state index in [1.165, 1.54) is 41.3 Å². The second-order valence-electron chi connectivity index (χ2n) is 10.3. The number of thioether (sulfide) groups is 1. The molecule has 18 heteroatoms. The largest absolute Gasteiger partial charge is 0.573 e. The summed E-state index contributed by atoms with van der Waals surface area (Å²) in [6.45, 7) is 1.89. The van der Waals surface area contributed by atoms with Crippen LogP contribution in [0.15, 0.2) is 78.0 Å². The average molecular weight is 694 g/mol. The van der Waals surface area contributed by atoms with Gasteiger partial charge in [0.1, 0.15) is 17.8 Å². The number of carbonyl (C=O) groups excluding carboxylic acids is 2. The fourth-order valence-corrected chi connectivity index (χ4v) is 5.23. The zero-order chi connectivity index (χ0) is 34.6. The van der Waals surface area contributed by atoms with Gasteiger partial charge < -0.3 is 9.47 Å². The maximum atomic E-state index is 12.8. The molecule has 1 unspecified atom stereocenters. The fraction of sp³-hybridized carbons (Fsp3) is 0.233. The predicted octanol–water partition coefficient (Wildman–Crippen LogP) is 6.49. The molecule has 0 aliphatic carbocycles. The second kappa shape index (κ2) is 13.9. The van der Waals surface area contributed by atoms with Crippen molar-refractivity contribution in [3.05, 3.63) is 84.2 Å². The van der Waals surface area contributed by atoms with Crippen molar-refractivity contribution < 1.29 is 45.4 Å². The van der Waals surface area contributed by atoms with Gasteiger partial charge in [0.05, 0.1) is 17.1 Å². The molecule has 48 heavy (non-hydrogen) atoms. The predicted molar refractivity (Wildman–Crippen MR) is 164 cm³/mol. The summed E-state index contributed by atoms with van der Waals surface area (Å²) in [6.07, 6.45) is -7.98. The van der Waals surface area contributed by atoms with Gasteiger partial charge in [-0.2, -0.15) is 18.2 Å². The van der Waals surface area contributed by atoms with Gasteiger partial charge in [0.15, 0.2) is 17.6 Å². The van der Waals surface area contributed by atoms with Crippen LogP contribution in [0, 0.1) is 6.92 Å². The van der Waals surface area contributed by atoms with Gasteiger partial charge in [0.25, 0.3) is 0 Å². The lowest BCUT2D eigenvalue weighted by molar-refractivity contribution is -0.274. The first kappa shape index (κ1) is 34.2. The number of nitrogens with one attached hydrogen (secondary N) is 2. The molecule has 1 aliphatic heterocycles. The van der Waals surface area contributed by atoms with Crippen molar-refractivity contribution in [2.24, 2.45) is 4.99 Å². The smallest absolute Gasteiger partial charge is 0.482 e. The average Bonchev–Trinajstić information content (AvgIpc) is 3.65. The number of hydrazine groups is 1. The number of urea groups is 1. The number of anilines is 1. The summed E-state index contributed by atoms with van der Waals surface area (Å²) >= 11 is 0.953. The number of halogens is 6. The van der Waals surface area contributed by atoms with Crippen LogP contribution in [-0.2, 0) is 4.79 Å². The van der Waals surface area contributed by atoms with Crippen molar-refractivity contribution in [1.82, 2.24) is 25.6 Å². The third-order valence-corrected chi connectivity index (χ3v) is 7.52. The van der Waals surface area contributed by atoms with E-state index in [0.29, 0.717) is 22.6 Å². The number of benzene rings is 3. The molecule has 4 aromatic rings. The Morgan fingerprint density at radius 1 is 1.04 bits per heavy atom. The Bertz CT molecular complexity index is 1810. The van der Waals surface area contributed by atoms with Gasteiger partial charge >= 0.3 is 18.6 Å². The molecule has 2 N–H and O–H groups in total. The van der Waals surface area contributed by atoms with Crippen molar-refractivity contribution in [3.63, 3.8) is 0 Å². The van der Waals surface area contributed by atoms with Crippen LogP contribution in [0.25, 0.3) is 17.1 Å². The normalized spacial score (nSPS) is 15.1. The number of ether oxygens (including phenoxy) is 2. The highest BCUT2D eigenvalue weighted by molar-refractivity contribution is 8.15. The van der Waals surface area contributed by atoms with Crippen molar-refractivity contribution in [2.45, 2.75) is 32.4 Å². The molecule has 0 bridgehead atoms. The Balaban J connectivity index is 1.20. The molecular formula is C30H25F6N7O4S. The van der Waals surface area contributed by atoms with E-state index in [4.69, 9.17) is 4.74 Å². The maximum Gasteiger partial charge on any atom is 0.573 e. The minimum atomic E-state index is -4.80. The number of aromatic nitrogens is 3. The zero-order valence-corrected chi connectivity index (χ0v) is 25.8. The van der Waals surface area contributed by atoms with Crippen molar-refractivity contribution in [3.8, 4) is 28.6 Å². The third kappa shape index (κ3) is 8.82. The highest BCUT2D eigenvalue weighted by Crippen LogP contribution is 2.36. The van der Waals surface area contributed by atoms with E-state index >= 15 is 0 Å². The first-order chi connectivity index (χ1) is 22.6. The molecule has 11 nitrogen and oxygen atoms in total. The topological polar surface area (TPSA) is 123 Å². The minimum absolute atomic E-state index is 0.0312. The molecule has 0 radical (unpaired) electrons. The molecule has 0 spiro atoms. The van der Waals surface area contributed by atoms with Crippen molar-refractivity contribution in [2.75, 3.05) is 17.3 Å². The fourth-order valence-electron chi connectivity index (χ4n) is 4.37. The van der Waals surface area contributed by atoms with Gasteiger partial charge in [-0.15, -0.1) is 18.3 Å². The van der Waals surface area contributed by atoms with Gasteiger partial charge in [0, 0.05) is 11.6 Å². The van der Waals surface area contributed by atoms with E-state index in [-0.39, 0.29) is 28.1 Å². The summed E-state index contributed by atoms with van der Waals surface area (Å²) in [4.78, 5) is 34.6. The van der Waals surface area contributed by atoms with Gasteiger partial charge in [-0.05, 0) is 61.4 Å². The van der Waals surface area contributed by atoms with Crippen molar-refractivity contribution >= 4 is 34.6 Å². The SMILES string of the molecule is Cc1ccc(OCC(F)(F)F)c(N2C(=O)CS/C2=N\C(=O)NNC(C)c2ccc(-c3ncn(-c4ccc(OC(F)(F)F)cc4)n3)cc2)c1. The Hall–Kier alpha value is -5.10. The number of hydrogen-bond donors (Lipinski definition) is 2. The van der Waals surface area contributed by atoms with E-state index in [0.717, 1.165) is 34.4 Å². The number of amidine groups is 1. The number of rotatable bonds is 9. The Morgan fingerprint density at radius 2 is 1.75 bits per heavy atom. The van der Waals surface area contributed by atoms with Crippen LogP contribution in [0.4, 0.5) is 36.8 Å². The number of alkyl halides is 6. The maximum absolute atomic E-state index is 12.8. The zero-order valence-electron chi connectivity index (χ0n) is 25.0. The van der Waals surface area contributed by atoms with Crippen LogP contribution in [-0.4, -0.2) is 56.8 Å². The number of aryl methyl sites for hydroxylation is 1. The molecule has 2 heterocycles. The molecular weight excluding hydrogens is 668 g/mol. The van der Waals surface area contributed by atoms with Crippen LogP contribution in [0.2, 0.25) is 0 Å². The van der Waals surface area contributed by atoms with Gasteiger partial charge in [-0.3, -0.25) is 15.1 Å². The third-order valence-electron chi connectivity index (χ3n) is 6.60. The lowest BCUT2D eigenvalue weighted by Gasteiger charge is -2.21. The number of nitrogens with zero attached hydrogens (tertiary/aromatic N) is 5. The van der Waals surface area contributed by atoms with E-state index in [1.54, 1.807) is 38.1 Å². The number of amides is 3. The molecule has 3 aromatic carbocycles. The second-order valence-corrected chi connectivity index (χ2v) is 11.2. The quantitative estimate of drug-likeness (QED) is 0.151. The van der Waals surface area contributed by atoms with Gasteiger partial charge in [0.2, 0.25) is 5.91 Å². The molecule has 1 aliphatic rings. The van der Waals surface area contributed by atoms with E-state index in [1.807, 2.05) is 0 Å². The Kier molecular flexibility index (Phi) is 9.95. The summed E-state index contributed by atoms with van der Waals surface area (Å²) in [5.41, 5.74) is 7.81. The number of aliphatic imine (C=N–C) groups is 1. The highest BCUT2D eigenvalue weighted by Gasteiger charge is 2.34. The Labute approximate surface area is 272 Å². The van der Waals surface area contributed by atoms with E-state index in [2.05, 4.69) is 30.7 Å². The summed E-state index contributed by atoms with van der Waals surface area (Å²) in [6, 6.07) is 15.2. The Morgan fingerprint density at radius 3 is 2.42 bits per heavy atom. The first-order valence-corrected chi connectivity index (χ1v) is 14.9. The summed E-state index contributed by atoms with van der Waals surface area (Å²) < 4.78 is 85.9. The summed E-state index contributed by atoms with van der Waals surface area (Å²) in [5.74, 6) is -0.755. The molecule has 1 atom stereocenters. The minimum Gasteiger partial charge on any atom is -0.482 e. The lowest BCUT2D eigenvalue weighted by atomic mass is 10.1. The molecule has 252 valence electrons. The van der Waals surface area contributed by atoms with Gasteiger partial charge in [-0.1, -0.05) is 42.1 Å². The van der Waals surface area contributed by atoms with Crippen LogP contribution < -0.4 is 25.2 Å². The van der Waals surface area contributed by atoms with Gasteiger partial charge in [-0.25, -0.2) is 19.9 Å². The molecule has 3 amide bonds. The van der Waals surface area contributed by atoms with E-state index < -0.39 is 37.1 Å². The number of carbonyl (C=O) groups is 2.